The summed E-state index contributed by atoms with van der Waals surface area (Å²) < 4.78 is 0.876. The lowest BCUT2D eigenvalue weighted by Crippen LogP contribution is -2.17. The fraction of sp³-hybridized carbons (Fsp3) is 0.667. The predicted molar refractivity (Wildman–Crippen MR) is 71.9 cm³/mol. The maximum atomic E-state index is 4.63. The fourth-order valence-electron chi connectivity index (χ4n) is 1.40. The second-order valence-electron chi connectivity index (χ2n) is 3.92. The molecule has 1 heterocycles. The van der Waals surface area contributed by atoms with Crippen molar-refractivity contribution in [3.63, 3.8) is 0 Å². The average Bonchev–Trinajstić information content (AvgIpc) is 2.30. The Kier molecular flexibility index (Phi) is 5.19. The number of anilines is 1. The highest BCUT2D eigenvalue weighted by molar-refractivity contribution is 9.10. The van der Waals surface area contributed by atoms with Gasteiger partial charge in [-0.15, -0.1) is 0 Å². The summed E-state index contributed by atoms with van der Waals surface area (Å²) in [6.45, 7) is 8.52. The van der Waals surface area contributed by atoms with Gasteiger partial charge in [-0.3, -0.25) is 0 Å². The number of halogens is 1. The van der Waals surface area contributed by atoms with Crippen LogP contribution in [0, 0.1) is 0 Å². The summed E-state index contributed by atoms with van der Waals surface area (Å²) in [7, 11) is 0. The molecule has 0 unspecified atom stereocenters. The molecular weight excluding hydrogens is 266 g/mol. The Labute approximate surface area is 106 Å². The molecule has 1 aromatic heterocycles. The van der Waals surface area contributed by atoms with E-state index in [9.17, 15) is 0 Å². The summed E-state index contributed by atoms with van der Waals surface area (Å²) in [6.07, 6.45) is 2.88. The number of aromatic nitrogens is 2. The van der Waals surface area contributed by atoms with Crippen molar-refractivity contribution >= 4 is 21.7 Å². The van der Waals surface area contributed by atoms with Crippen LogP contribution in [0.2, 0.25) is 0 Å². The van der Waals surface area contributed by atoms with E-state index in [1.807, 2.05) is 0 Å². The van der Waals surface area contributed by atoms with Gasteiger partial charge in [0, 0.05) is 6.04 Å². The van der Waals surface area contributed by atoms with Crippen molar-refractivity contribution in [2.75, 3.05) is 5.32 Å². The molecule has 0 radical (unpaired) electrons. The molecule has 0 fully saturated rings. The van der Waals surface area contributed by atoms with Crippen LogP contribution in [-0.2, 0) is 12.8 Å². The largest absolute Gasteiger partial charge is 0.366 e. The van der Waals surface area contributed by atoms with Crippen LogP contribution >= 0.6 is 15.9 Å². The number of hydrogen-bond acceptors (Lipinski definition) is 3. The van der Waals surface area contributed by atoms with Crippen molar-refractivity contribution in [3.05, 3.63) is 16.0 Å². The summed E-state index contributed by atoms with van der Waals surface area (Å²) >= 11 is 3.46. The smallest absolute Gasteiger partial charge is 0.148 e. The van der Waals surface area contributed by atoms with Gasteiger partial charge < -0.3 is 5.32 Å². The number of rotatable bonds is 5. The van der Waals surface area contributed by atoms with E-state index in [2.05, 4.69) is 58.9 Å². The Balaban J connectivity index is 3.04. The highest BCUT2D eigenvalue weighted by Crippen LogP contribution is 2.20. The second-order valence-corrected chi connectivity index (χ2v) is 4.67. The molecule has 0 saturated heterocycles. The van der Waals surface area contributed by atoms with Crippen LogP contribution < -0.4 is 5.32 Å². The maximum absolute atomic E-state index is 4.63. The van der Waals surface area contributed by atoms with Gasteiger partial charge in [-0.25, -0.2) is 9.97 Å². The lowest BCUT2D eigenvalue weighted by Gasteiger charge is -2.16. The second kappa shape index (κ2) is 6.18. The lowest BCUT2D eigenvalue weighted by atomic mass is 10.2. The molecule has 0 aromatic carbocycles. The molecule has 90 valence electrons. The van der Waals surface area contributed by atoms with E-state index in [-0.39, 0.29) is 0 Å². The molecule has 0 aliphatic carbocycles. The Morgan fingerprint density at radius 1 is 1.12 bits per heavy atom. The zero-order chi connectivity index (χ0) is 12.1. The summed E-state index contributed by atoms with van der Waals surface area (Å²) in [5, 5.41) is 3.42. The van der Waals surface area contributed by atoms with Gasteiger partial charge in [0.2, 0.25) is 0 Å². The number of nitrogens with zero attached hydrogens (tertiary/aromatic N) is 2. The summed E-state index contributed by atoms with van der Waals surface area (Å²) in [5.41, 5.74) is 2.05. The van der Waals surface area contributed by atoms with E-state index in [4.69, 9.17) is 0 Å². The Morgan fingerprint density at radius 2 is 1.75 bits per heavy atom. The van der Waals surface area contributed by atoms with Crippen molar-refractivity contribution in [1.29, 1.82) is 0 Å². The van der Waals surface area contributed by atoms with Gasteiger partial charge in [0.1, 0.15) is 10.4 Å². The minimum absolute atomic E-state index is 0.436. The first-order valence-corrected chi connectivity index (χ1v) is 6.73. The van der Waals surface area contributed by atoms with Crippen LogP contribution in [0.25, 0.3) is 0 Å². The normalized spacial score (nSPS) is 12.6. The van der Waals surface area contributed by atoms with Crippen LogP contribution in [0.3, 0.4) is 0 Å². The first kappa shape index (κ1) is 13.4. The van der Waals surface area contributed by atoms with Gasteiger partial charge in [-0.1, -0.05) is 20.8 Å². The summed E-state index contributed by atoms with van der Waals surface area (Å²) in [5.74, 6) is 0.942. The van der Waals surface area contributed by atoms with Crippen molar-refractivity contribution in [1.82, 2.24) is 9.97 Å². The topological polar surface area (TPSA) is 37.8 Å². The average molecular weight is 286 g/mol. The summed E-state index contributed by atoms with van der Waals surface area (Å²) in [6, 6.07) is 0.436. The molecule has 4 heteroatoms. The molecule has 0 saturated carbocycles. The van der Waals surface area contributed by atoms with E-state index in [0.29, 0.717) is 6.04 Å². The molecule has 0 aliphatic heterocycles. The van der Waals surface area contributed by atoms with Crippen molar-refractivity contribution in [3.8, 4) is 0 Å². The minimum atomic E-state index is 0.436. The minimum Gasteiger partial charge on any atom is -0.366 e. The molecule has 1 N–H and O–H groups in total. The predicted octanol–water partition coefficient (Wildman–Crippen LogP) is 3.57. The molecule has 1 aromatic rings. The molecule has 0 amide bonds. The third-order valence-electron chi connectivity index (χ3n) is 2.66. The molecule has 1 atom stereocenters. The molecule has 16 heavy (non-hydrogen) atoms. The zero-order valence-electron chi connectivity index (χ0n) is 10.5. The molecular formula is C12H20BrN3. The molecule has 3 nitrogen and oxygen atoms in total. The van der Waals surface area contributed by atoms with Gasteiger partial charge in [-0.2, -0.15) is 0 Å². The third-order valence-corrected chi connectivity index (χ3v) is 3.29. The highest BCUT2D eigenvalue weighted by atomic mass is 79.9. The molecule has 0 spiro atoms. The summed E-state index contributed by atoms with van der Waals surface area (Å²) in [4.78, 5) is 9.17. The van der Waals surface area contributed by atoms with Crippen LogP contribution in [0.4, 0.5) is 5.82 Å². The molecule has 0 aliphatic rings. The van der Waals surface area contributed by atoms with Crippen molar-refractivity contribution in [2.24, 2.45) is 0 Å². The van der Waals surface area contributed by atoms with Crippen LogP contribution in [0.1, 0.15) is 45.5 Å². The Hall–Kier alpha value is -0.640. The van der Waals surface area contributed by atoms with E-state index in [1.165, 1.54) is 0 Å². The number of nitrogens with one attached hydrogen (secondary N) is 1. The van der Waals surface area contributed by atoms with Crippen molar-refractivity contribution in [2.45, 2.75) is 53.0 Å². The third kappa shape index (κ3) is 3.17. The van der Waals surface area contributed by atoms with E-state index in [0.717, 1.165) is 41.1 Å². The maximum Gasteiger partial charge on any atom is 0.148 e. The first-order valence-electron chi connectivity index (χ1n) is 5.94. The Morgan fingerprint density at radius 3 is 2.25 bits per heavy atom. The van der Waals surface area contributed by atoms with E-state index in [1.54, 1.807) is 0 Å². The van der Waals surface area contributed by atoms with E-state index < -0.39 is 0 Å². The van der Waals surface area contributed by atoms with Crippen LogP contribution in [0.15, 0.2) is 4.60 Å². The van der Waals surface area contributed by atoms with Gasteiger partial charge in [0.15, 0.2) is 0 Å². The molecule has 0 bridgehead atoms. The van der Waals surface area contributed by atoms with Gasteiger partial charge >= 0.3 is 0 Å². The number of hydrogen-bond donors (Lipinski definition) is 1. The zero-order valence-corrected chi connectivity index (χ0v) is 12.1. The fourth-order valence-corrected chi connectivity index (χ4v) is 1.99. The van der Waals surface area contributed by atoms with E-state index >= 15 is 0 Å². The van der Waals surface area contributed by atoms with Crippen LogP contribution in [-0.4, -0.2) is 16.0 Å². The quantitative estimate of drug-likeness (QED) is 0.899. The number of aryl methyl sites for hydroxylation is 2. The Bertz CT molecular complexity index is 352. The first-order chi connectivity index (χ1) is 7.62. The van der Waals surface area contributed by atoms with Gasteiger partial charge in [0.05, 0.1) is 11.4 Å². The SMILES string of the molecule is CCc1nc(N[C@@H](C)CC)c(CC)nc1Br. The highest BCUT2D eigenvalue weighted by Gasteiger charge is 2.11. The van der Waals surface area contributed by atoms with Crippen LogP contribution in [0.5, 0.6) is 0 Å². The van der Waals surface area contributed by atoms with Gasteiger partial charge in [-0.05, 0) is 42.1 Å². The monoisotopic (exact) mass is 285 g/mol. The molecule has 1 rings (SSSR count). The van der Waals surface area contributed by atoms with Gasteiger partial charge in [0.25, 0.3) is 0 Å². The lowest BCUT2D eigenvalue weighted by molar-refractivity contribution is 0.750. The standard InChI is InChI=1S/C12H20BrN3/c1-5-8(4)14-12-10(7-3)15-11(13)9(6-2)16-12/h8H,5-7H2,1-4H3,(H,14,16)/t8-/m0/s1. The van der Waals surface area contributed by atoms with Crippen molar-refractivity contribution < 1.29 is 0 Å².